The van der Waals surface area contributed by atoms with Gasteiger partial charge >= 0.3 is 0 Å². The molecule has 1 aliphatic rings. The van der Waals surface area contributed by atoms with E-state index in [-0.39, 0.29) is 24.3 Å². The van der Waals surface area contributed by atoms with Gasteiger partial charge in [0.1, 0.15) is 5.75 Å². The molecule has 1 aliphatic heterocycles. The van der Waals surface area contributed by atoms with E-state index in [1.165, 1.54) is 4.90 Å². The van der Waals surface area contributed by atoms with E-state index in [1.54, 1.807) is 48.5 Å². The van der Waals surface area contributed by atoms with E-state index >= 15 is 0 Å². The molecule has 6 nitrogen and oxygen atoms in total. The van der Waals surface area contributed by atoms with Gasteiger partial charge in [0.25, 0.3) is 17.7 Å². The van der Waals surface area contributed by atoms with Crippen LogP contribution in [-0.2, 0) is 6.54 Å². The second-order valence-corrected chi connectivity index (χ2v) is 7.79. The Labute approximate surface area is 188 Å². The van der Waals surface area contributed by atoms with Crippen LogP contribution in [0.1, 0.15) is 43.6 Å². The monoisotopic (exact) mass is 478 g/mol. The van der Waals surface area contributed by atoms with Crippen molar-refractivity contribution in [2.24, 2.45) is 0 Å². The second-order valence-electron chi connectivity index (χ2n) is 6.94. The first-order chi connectivity index (χ1) is 15.0. The number of benzene rings is 3. The Balaban J connectivity index is 1.62. The first-order valence-corrected chi connectivity index (χ1v) is 10.6. The number of anilines is 1. The number of para-hydroxylation sites is 1. The minimum Gasteiger partial charge on any atom is -0.493 e. The lowest BCUT2D eigenvalue weighted by atomic mass is 10.1. The number of ether oxygens (including phenoxy) is 1. The average molecular weight is 479 g/mol. The fourth-order valence-electron chi connectivity index (χ4n) is 3.45. The van der Waals surface area contributed by atoms with Crippen molar-refractivity contribution in [1.29, 1.82) is 0 Å². The molecule has 0 aliphatic carbocycles. The van der Waals surface area contributed by atoms with Gasteiger partial charge in [0.05, 0.1) is 35.5 Å². The highest BCUT2D eigenvalue weighted by Crippen LogP contribution is 2.28. The van der Waals surface area contributed by atoms with Crippen molar-refractivity contribution in [2.75, 3.05) is 11.9 Å². The van der Waals surface area contributed by atoms with Crippen LogP contribution in [-0.4, -0.2) is 29.2 Å². The van der Waals surface area contributed by atoms with Gasteiger partial charge in [-0.15, -0.1) is 0 Å². The largest absolute Gasteiger partial charge is 0.493 e. The van der Waals surface area contributed by atoms with Crippen LogP contribution in [0.5, 0.6) is 5.75 Å². The summed E-state index contributed by atoms with van der Waals surface area (Å²) in [6.07, 6.45) is 0. The number of hydrogen-bond donors (Lipinski definition) is 1. The van der Waals surface area contributed by atoms with Gasteiger partial charge in [0.15, 0.2) is 0 Å². The predicted molar refractivity (Wildman–Crippen MR) is 120 cm³/mol. The fourth-order valence-corrected chi connectivity index (χ4v) is 3.84. The van der Waals surface area contributed by atoms with Gasteiger partial charge < -0.3 is 10.1 Å². The number of nitrogens with zero attached hydrogens (tertiary/aromatic N) is 1. The highest BCUT2D eigenvalue weighted by atomic mass is 79.9. The summed E-state index contributed by atoms with van der Waals surface area (Å²) < 4.78 is 6.38. The maximum absolute atomic E-state index is 13.0. The Morgan fingerprint density at radius 3 is 2.26 bits per heavy atom. The molecular formula is C24H19BrN2O4. The molecule has 7 heteroatoms. The van der Waals surface area contributed by atoms with Crippen molar-refractivity contribution in [3.8, 4) is 5.75 Å². The van der Waals surface area contributed by atoms with Crippen LogP contribution in [0.3, 0.4) is 0 Å². The zero-order valence-electron chi connectivity index (χ0n) is 16.7. The molecule has 0 aromatic heterocycles. The van der Waals surface area contributed by atoms with E-state index in [2.05, 4.69) is 21.2 Å². The topological polar surface area (TPSA) is 75.7 Å². The smallest absolute Gasteiger partial charge is 0.261 e. The Hall–Kier alpha value is -3.45. The zero-order chi connectivity index (χ0) is 22.0. The van der Waals surface area contributed by atoms with Crippen molar-refractivity contribution in [3.05, 3.63) is 93.5 Å². The van der Waals surface area contributed by atoms with Crippen molar-refractivity contribution in [1.82, 2.24) is 4.90 Å². The van der Waals surface area contributed by atoms with Crippen LogP contribution >= 0.6 is 15.9 Å². The van der Waals surface area contributed by atoms with Gasteiger partial charge in [0, 0.05) is 4.47 Å². The van der Waals surface area contributed by atoms with Gasteiger partial charge in [0.2, 0.25) is 0 Å². The first-order valence-electron chi connectivity index (χ1n) is 9.76. The molecule has 0 radical (unpaired) electrons. The quantitative estimate of drug-likeness (QED) is 0.511. The number of imide groups is 1. The van der Waals surface area contributed by atoms with Gasteiger partial charge in [-0.1, -0.05) is 30.3 Å². The fraction of sp³-hybridized carbons (Fsp3) is 0.125. The van der Waals surface area contributed by atoms with E-state index in [4.69, 9.17) is 4.74 Å². The highest BCUT2D eigenvalue weighted by Gasteiger charge is 2.35. The molecule has 1 heterocycles. The lowest BCUT2D eigenvalue weighted by Gasteiger charge is -2.17. The molecule has 0 bridgehead atoms. The number of halogens is 1. The molecular weight excluding hydrogens is 460 g/mol. The number of carbonyl (C=O) groups is 3. The normalized spacial score (nSPS) is 12.6. The third-order valence-electron chi connectivity index (χ3n) is 4.93. The molecule has 0 saturated heterocycles. The minimum atomic E-state index is -0.348. The molecule has 0 spiro atoms. The molecule has 0 fully saturated rings. The van der Waals surface area contributed by atoms with Crippen LogP contribution in [0.15, 0.2) is 71.2 Å². The van der Waals surface area contributed by atoms with E-state index in [1.807, 2.05) is 25.1 Å². The number of fused-ring (bicyclic) bond motifs is 1. The number of nitrogens with one attached hydrogen (secondary N) is 1. The Kier molecular flexibility index (Phi) is 5.86. The highest BCUT2D eigenvalue weighted by molar-refractivity contribution is 9.10. The summed E-state index contributed by atoms with van der Waals surface area (Å²) in [6.45, 7) is 2.29. The SMILES string of the molecule is CCOc1ccc(CN2C(=O)c3ccccc3C2=O)cc1C(=O)Nc1ccccc1Br. The van der Waals surface area contributed by atoms with E-state index in [0.717, 1.165) is 4.47 Å². The van der Waals surface area contributed by atoms with E-state index < -0.39 is 0 Å². The van der Waals surface area contributed by atoms with Crippen LogP contribution in [0.25, 0.3) is 0 Å². The first kappa shape index (κ1) is 20.8. The molecule has 0 atom stereocenters. The van der Waals surface area contributed by atoms with Crippen molar-refractivity contribution >= 4 is 39.3 Å². The summed E-state index contributed by atoms with van der Waals surface area (Å²) in [5.41, 5.74) is 2.39. The summed E-state index contributed by atoms with van der Waals surface area (Å²) >= 11 is 3.42. The molecule has 1 N–H and O–H groups in total. The molecule has 0 unspecified atom stereocenters. The maximum Gasteiger partial charge on any atom is 0.261 e. The van der Waals surface area contributed by atoms with Crippen LogP contribution < -0.4 is 10.1 Å². The molecule has 156 valence electrons. The van der Waals surface area contributed by atoms with Crippen LogP contribution in [0.4, 0.5) is 5.69 Å². The molecule has 3 amide bonds. The Bertz CT molecular complexity index is 1160. The molecule has 0 saturated carbocycles. The van der Waals surface area contributed by atoms with Crippen LogP contribution in [0, 0.1) is 0 Å². The van der Waals surface area contributed by atoms with Gasteiger partial charge in [-0.05, 0) is 64.8 Å². The van der Waals surface area contributed by atoms with Crippen molar-refractivity contribution in [2.45, 2.75) is 13.5 Å². The Morgan fingerprint density at radius 2 is 1.61 bits per heavy atom. The number of rotatable bonds is 6. The van der Waals surface area contributed by atoms with E-state index in [0.29, 0.717) is 40.3 Å². The predicted octanol–water partition coefficient (Wildman–Crippen LogP) is 4.90. The number of hydrogen-bond acceptors (Lipinski definition) is 4. The average Bonchev–Trinajstić information content (AvgIpc) is 3.01. The summed E-state index contributed by atoms with van der Waals surface area (Å²) in [5.74, 6) is -0.597. The molecule has 3 aromatic rings. The van der Waals surface area contributed by atoms with Gasteiger partial charge in [-0.2, -0.15) is 0 Å². The molecule has 3 aromatic carbocycles. The third-order valence-corrected chi connectivity index (χ3v) is 5.62. The Morgan fingerprint density at radius 1 is 0.968 bits per heavy atom. The molecule has 31 heavy (non-hydrogen) atoms. The lowest BCUT2D eigenvalue weighted by Crippen LogP contribution is -2.29. The summed E-state index contributed by atoms with van der Waals surface area (Å²) in [5, 5.41) is 2.86. The number of carbonyl (C=O) groups excluding carboxylic acids is 3. The maximum atomic E-state index is 13.0. The zero-order valence-corrected chi connectivity index (χ0v) is 18.3. The standard InChI is InChI=1S/C24H19BrN2O4/c1-2-31-21-12-11-15(13-18(21)22(28)26-20-10-6-5-9-19(20)25)14-27-23(29)16-7-3-4-8-17(16)24(27)30/h3-13H,2,14H2,1H3,(H,26,28). The van der Waals surface area contributed by atoms with Crippen molar-refractivity contribution in [3.63, 3.8) is 0 Å². The second kappa shape index (κ2) is 8.73. The van der Waals surface area contributed by atoms with Crippen molar-refractivity contribution < 1.29 is 19.1 Å². The summed E-state index contributed by atoms with van der Waals surface area (Å²) in [6, 6.07) is 19.1. The summed E-state index contributed by atoms with van der Waals surface area (Å²) in [7, 11) is 0. The molecule has 4 rings (SSSR count). The third kappa shape index (κ3) is 4.09. The minimum absolute atomic E-state index is 0.0636. The van der Waals surface area contributed by atoms with Gasteiger partial charge in [-0.25, -0.2) is 0 Å². The summed E-state index contributed by atoms with van der Waals surface area (Å²) in [4.78, 5) is 39.5. The number of amides is 3. The lowest BCUT2D eigenvalue weighted by molar-refractivity contribution is 0.0642. The van der Waals surface area contributed by atoms with E-state index in [9.17, 15) is 14.4 Å². The van der Waals surface area contributed by atoms with Gasteiger partial charge in [-0.3, -0.25) is 19.3 Å². The van der Waals surface area contributed by atoms with Crippen LogP contribution in [0.2, 0.25) is 0 Å².